The van der Waals surface area contributed by atoms with Crippen LogP contribution in [0.4, 0.5) is 5.69 Å². The zero-order chi connectivity index (χ0) is 12.1. The van der Waals surface area contributed by atoms with E-state index in [1.54, 1.807) is 6.07 Å². The van der Waals surface area contributed by atoms with Crippen molar-refractivity contribution in [3.8, 4) is 0 Å². The summed E-state index contributed by atoms with van der Waals surface area (Å²) in [5, 5.41) is 2.61. The smallest absolute Gasteiger partial charge is 0.296 e. The van der Waals surface area contributed by atoms with Crippen LogP contribution in [-0.2, 0) is 11.2 Å². The van der Waals surface area contributed by atoms with E-state index in [1.165, 1.54) is 0 Å². The Morgan fingerprint density at radius 1 is 1.19 bits per heavy atom. The molecule has 1 aliphatic rings. The Kier molecular flexibility index (Phi) is 4.23. The molecule has 0 saturated heterocycles. The molecule has 0 radical (unpaired) electrons. The highest BCUT2D eigenvalue weighted by molar-refractivity contribution is 6.51. The van der Waals surface area contributed by atoms with Gasteiger partial charge in [-0.3, -0.25) is 9.59 Å². The minimum absolute atomic E-state index is 0.419. The topological polar surface area (TPSA) is 46.2 Å². The van der Waals surface area contributed by atoms with Crippen LogP contribution in [0.15, 0.2) is 18.2 Å². The molecule has 1 aromatic carbocycles. The molecule has 0 saturated carbocycles. The lowest BCUT2D eigenvalue weighted by Crippen LogP contribution is -2.12. The number of hydrogen-bond donors (Lipinski definition) is 1. The number of fused-ring (bicyclic) bond motifs is 1. The fourth-order valence-corrected chi connectivity index (χ4v) is 1.71. The molecule has 0 atom stereocenters. The molecule has 2 rings (SSSR count). The van der Waals surface area contributed by atoms with Crippen LogP contribution in [0, 0.1) is 0 Å². The number of benzene rings is 1. The normalized spacial score (nSPS) is 12.7. The number of ketones is 1. The molecule has 1 N–H and O–H groups in total. The predicted octanol–water partition coefficient (Wildman–Crippen LogP) is 2.80. The van der Waals surface area contributed by atoms with E-state index >= 15 is 0 Å². The number of anilines is 1. The summed E-state index contributed by atoms with van der Waals surface area (Å²) in [7, 11) is 0. The first-order chi connectivity index (χ1) is 7.74. The predicted molar refractivity (Wildman–Crippen MR) is 64.7 cm³/mol. The second-order valence-corrected chi connectivity index (χ2v) is 3.37. The highest BCUT2D eigenvalue weighted by atomic mass is 16.2. The van der Waals surface area contributed by atoms with Gasteiger partial charge in [0.2, 0.25) is 0 Å². The van der Waals surface area contributed by atoms with Gasteiger partial charge in [0.1, 0.15) is 0 Å². The molecule has 1 aliphatic heterocycles. The zero-order valence-corrected chi connectivity index (χ0v) is 9.96. The van der Waals surface area contributed by atoms with Crippen LogP contribution in [0.5, 0.6) is 0 Å². The number of carbonyl (C=O) groups excluding carboxylic acids is 2. The summed E-state index contributed by atoms with van der Waals surface area (Å²) in [6, 6.07) is 5.46. The van der Waals surface area contributed by atoms with E-state index in [1.807, 2.05) is 26.0 Å². The van der Waals surface area contributed by atoms with Crippen molar-refractivity contribution < 1.29 is 9.59 Å². The quantitative estimate of drug-likeness (QED) is 0.777. The lowest BCUT2D eigenvalue weighted by atomic mass is 10.0. The molecule has 0 spiro atoms. The molecule has 16 heavy (non-hydrogen) atoms. The van der Waals surface area contributed by atoms with Crippen molar-refractivity contribution in [3.63, 3.8) is 0 Å². The first-order valence-electron chi connectivity index (χ1n) is 5.71. The molecule has 0 bridgehead atoms. The van der Waals surface area contributed by atoms with Crippen molar-refractivity contribution in [1.29, 1.82) is 0 Å². The molecule has 0 aliphatic carbocycles. The Balaban J connectivity index is 0.000000606. The van der Waals surface area contributed by atoms with Gasteiger partial charge < -0.3 is 5.32 Å². The van der Waals surface area contributed by atoms with Crippen molar-refractivity contribution >= 4 is 17.4 Å². The Hall–Kier alpha value is -1.64. The molecule has 3 nitrogen and oxygen atoms in total. The zero-order valence-electron chi connectivity index (χ0n) is 9.96. The minimum atomic E-state index is -0.511. The second kappa shape index (κ2) is 5.45. The molecule has 0 fully saturated rings. The fraction of sp³-hybridized carbons (Fsp3) is 0.385. The number of nitrogens with one attached hydrogen (secondary N) is 1. The van der Waals surface area contributed by atoms with Gasteiger partial charge >= 0.3 is 0 Å². The van der Waals surface area contributed by atoms with Crippen LogP contribution in [0.3, 0.4) is 0 Å². The van der Waals surface area contributed by atoms with Gasteiger partial charge in [-0.1, -0.05) is 39.3 Å². The summed E-state index contributed by atoms with van der Waals surface area (Å²) in [6.45, 7) is 6.07. The van der Waals surface area contributed by atoms with E-state index in [2.05, 4.69) is 12.2 Å². The van der Waals surface area contributed by atoms with Gasteiger partial charge in [-0.15, -0.1) is 0 Å². The Bertz CT molecular complexity index is 410. The van der Waals surface area contributed by atoms with Crippen molar-refractivity contribution in [2.24, 2.45) is 0 Å². The van der Waals surface area contributed by atoms with Gasteiger partial charge in [-0.2, -0.15) is 0 Å². The SMILES string of the molecule is CC.CCCc1cccc2c1NC(=O)C2=O. The van der Waals surface area contributed by atoms with E-state index < -0.39 is 11.7 Å². The monoisotopic (exact) mass is 219 g/mol. The highest BCUT2D eigenvalue weighted by Crippen LogP contribution is 2.27. The highest BCUT2D eigenvalue weighted by Gasteiger charge is 2.28. The third-order valence-electron chi connectivity index (χ3n) is 2.36. The number of Topliss-reactive ketones (excluding diaryl/α,β-unsaturated/α-hetero) is 1. The maximum atomic E-state index is 11.3. The summed E-state index contributed by atoms with van der Waals surface area (Å²) in [4.78, 5) is 22.5. The molecule has 86 valence electrons. The van der Waals surface area contributed by atoms with E-state index in [9.17, 15) is 9.59 Å². The van der Waals surface area contributed by atoms with Crippen LogP contribution >= 0.6 is 0 Å². The maximum Gasteiger partial charge on any atom is 0.296 e. The van der Waals surface area contributed by atoms with Crippen LogP contribution in [0.25, 0.3) is 0 Å². The number of rotatable bonds is 2. The third kappa shape index (κ3) is 2.13. The third-order valence-corrected chi connectivity index (χ3v) is 2.36. The number of aryl methyl sites for hydroxylation is 1. The molecule has 1 amide bonds. The van der Waals surface area contributed by atoms with Crippen LogP contribution in [0.2, 0.25) is 0 Å². The first kappa shape index (κ1) is 12.4. The summed E-state index contributed by atoms with van der Waals surface area (Å²) >= 11 is 0. The average Bonchev–Trinajstić information content (AvgIpc) is 2.60. The van der Waals surface area contributed by atoms with Crippen molar-refractivity contribution in [1.82, 2.24) is 0 Å². The first-order valence-corrected chi connectivity index (χ1v) is 5.71. The van der Waals surface area contributed by atoms with E-state index in [-0.39, 0.29) is 0 Å². The molecule has 0 aromatic heterocycles. The lowest BCUT2D eigenvalue weighted by molar-refractivity contribution is -0.112. The van der Waals surface area contributed by atoms with Gasteiger partial charge in [-0.05, 0) is 18.1 Å². The van der Waals surface area contributed by atoms with E-state index in [0.29, 0.717) is 11.3 Å². The Labute approximate surface area is 95.9 Å². The molecule has 3 heteroatoms. The van der Waals surface area contributed by atoms with E-state index in [0.717, 1.165) is 18.4 Å². The number of amides is 1. The summed E-state index contributed by atoms with van der Waals surface area (Å²) in [5.74, 6) is -0.929. The van der Waals surface area contributed by atoms with Gasteiger partial charge in [0, 0.05) is 0 Å². The van der Waals surface area contributed by atoms with Crippen molar-refractivity contribution in [3.05, 3.63) is 29.3 Å². The lowest BCUT2D eigenvalue weighted by Gasteiger charge is -2.04. The number of carbonyl (C=O) groups is 2. The Morgan fingerprint density at radius 2 is 1.88 bits per heavy atom. The maximum absolute atomic E-state index is 11.3. The molecular weight excluding hydrogens is 202 g/mol. The van der Waals surface area contributed by atoms with Crippen molar-refractivity contribution in [2.75, 3.05) is 5.32 Å². The number of hydrogen-bond acceptors (Lipinski definition) is 2. The van der Waals surface area contributed by atoms with Gasteiger partial charge in [0.05, 0.1) is 11.3 Å². The standard InChI is InChI=1S/C11H11NO2.C2H6/c1-2-4-7-5-3-6-8-9(7)12-11(14)10(8)13;1-2/h3,5-6H,2,4H2,1H3,(H,12,13,14);1-2H3. The molecule has 1 heterocycles. The van der Waals surface area contributed by atoms with Gasteiger partial charge in [0.25, 0.3) is 11.7 Å². The van der Waals surface area contributed by atoms with Crippen molar-refractivity contribution in [2.45, 2.75) is 33.6 Å². The Morgan fingerprint density at radius 3 is 2.50 bits per heavy atom. The average molecular weight is 219 g/mol. The van der Waals surface area contributed by atoms with Crippen LogP contribution in [-0.4, -0.2) is 11.7 Å². The number of para-hydroxylation sites is 1. The fourth-order valence-electron chi connectivity index (χ4n) is 1.71. The molecule has 0 unspecified atom stereocenters. The van der Waals surface area contributed by atoms with E-state index in [4.69, 9.17) is 0 Å². The molecule has 1 aromatic rings. The summed E-state index contributed by atoms with van der Waals surface area (Å²) < 4.78 is 0. The molecular formula is C13H17NO2. The van der Waals surface area contributed by atoms with Gasteiger partial charge in [-0.25, -0.2) is 0 Å². The minimum Gasteiger partial charge on any atom is -0.318 e. The van der Waals surface area contributed by atoms with Crippen LogP contribution < -0.4 is 5.32 Å². The summed E-state index contributed by atoms with van der Waals surface area (Å²) in [5.41, 5.74) is 2.27. The largest absolute Gasteiger partial charge is 0.318 e. The summed E-state index contributed by atoms with van der Waals surface area (Å²) in [6.07, 6.45) is 1.89. The second-order valence-electron chi connectivity index (χ2n) is 3.37. The van der Waals surface area contributed by atoms with Gasteiger partial charge in [0.15, 0.2) is 0 Å². The van der Waals surface area contributed by atoms with Crippen LogP contribution in [0.1, 0.15) is 43.1 Å².